The molecule has 1 aromatic rings. The molecule has 23 heavy (non-hydrogen) atoms. The first-order valence-electron chi connectivity index (χ1n) is 7.66. The number of hydrogen-bond donors (Lipinski definition) is 1. The van der Waals surface area contributed by atoms with E-state index in [0.29, 0.717) is 24.8 Å². The van der Waals surface area contributed by atoms with Crippen LogP contribution in [0.5, 0.6) is 0 Å². The van der Waals surface area contributed by atoms with Gasteiger partial charge in [0.05, 0.1) is 6.67 Å². The maximum absolute atomic E-state index is 12.5. The van der Waals surface area contributed by atoms with Crippen molar-refractivity contribution in [2.45, 2.75) is 25.4 Å². The van der Waals surface area contributed by atoms with Crippen LogP contribution in [0.3, 0.4) is 0 Å². The van der Waals surface area contributed by atoms with Gasteiger partial charge in [0.15, 0.2) is 0 Å². The summed E-state index contributed by atoms with van der Waals surface area (Å²) in [7, 11) is 0. The highest BCUT2D eigenvalue weighted by Gasteiger charge is 2.39. The van der Waals surface area contributed by atoms with E-state index in [-0.39, 0.29) is 24.3 Å². The lowest BCUT2D eigenvalue weighted by Gasteiger charge is -2.17. The summed E-state index contributed by atoms with van der Waals surface area (Å²) in [5.74, 6) is -0.339. The molecule has 2 aliphatic rings. The molecule has 0 bridgehead atoms. The van der Waals surface area contributed by atoms with Crippen molar-refractivity contribution in [3.63, 3.8) is 0 Å². The average Bonchev–Trinajstić information content (AvgIpc) is 3.34. The zero-order valence-corrected chi connectivity index (χ0v) is 12.8. The molecule has 1 aliphatic heterocycles. The molecule has 0 aromatic heterocycles. The number of nitrogens with zero attached hydrogens (tertiary/aromatic N) is 2. The number of rotatable bonds is 5. The first kappa shape index (κ1) is 15.3. The Balaban J connectivity index is 1.60. The molecule has 1 N–H and O–H groups in total. The molecule has 0 spiro atoms. The minimum Gasteiger partial charge on any atom is -0.348 e. The summed E-state index contributed by atoms with van der Waals surface area (Å²) in [5.41, 5.74) is 1.45. The van der Waals surface area contributed by atoms with Gasteiger partial charge < -0.3 is 15.1 Å². The van der Waals surface area contributed by atoms with Gasteiger partial charge in [0.25, 0.3) is 5.91 Å². The van der Waals surface area contributed by atoms with Crippen LogP contribution >= 0.6 is 0 Å². The van der Waals surface area contributed by atoms with Crippen molar-refractivity contribution in [1.82, 2.24) is 15.1 Å². The van der Waals surface area contributed by atoms with Gasteiger partial charge in [-0.05, 0) is 36.6 Å². The second kappa shape index (κ2) is 6.24. The molecule has 120 valence electrons. The van der Waals surface area contributed by atoms with Gasteiger partial charge in [-0.2, -0.15) is 0 Å². The highest BCUT2D eigenvalue weighted by atomic mass is 16.2. The van der Waals surface area contributed by atoms with Gasteiger partial charge in [0.1, 0.15) is 6.54 Å². The van der Waals surface area contributed by atoms with Crippen LogP contribution in [0, 0.1) is 0 Å². The predicted octanol–water partition coefficient (Wildman–Crippen LogP) is 0.893. The zero-order valence-electron chi connectivity index (χ0n) is 12.8. The molecule has 1 aromatic carbocycles. The Morgan fingerprint density at radius 2 is 1.96 bits per heavy atom. The van der Waals surface area contributed by atoms with Crippen LogP contribution in [0.1, 0.15) is 28.8 Å². The zero-order chi connectivity index (χ0) is 16.4. The molecule has 3 amide bonds. The maximum atomic E-state index is 12.5. The molecule has 2 fully saturated rings. The van der Waals surface area contributed by atoms with E-state index >= 15 is 0 Å². The SMILES string of the molecule is C=CC(=O)NCc1ccc(C(=O)N2CC(=O)N(C3CC3)C2)cc1. The molecule has 6 heteroatoms. The monoisotopic (exact) mass is 313 g/mol. The molecular weight excluding hydrogens is 294 g/mol. The van der Waals surface area contributed by atoms with Crippen LogP contribution in [-0.2, 0) is 16.1 Å². The van der Waals surface area contributed by atoms with Crippen molar-refractivity contribution in [1.29, 1.82) is 0 Å². The fourth-order valence-electron chi connectivity index (χ4n) is 2.62. The van der Waals surface area contributed by atoms with Crippen molar-refractivity contribution in [3.8, 4) is 0 Å². The summed E-state index contributed by atoms with van der Waals surface area (Å²) >= 11 is 0. The third-order valence-corrected chi connectivity index (χ3v) is 4.10. The summed E-state index contributed by atoms with van der Waals surface area (Å²) in [6, 6.07) is 7.38. The third kappa shape index (κ3) is 3.41. The molecule has 1 heterocycles. The van der Waals surface area contributed by atoms with E-state index < -0.39 is 0 Å². The highest BCUT2D eigenvalue weighted by molar-refractivity contribution is 5.98. The van der Waals surface area contributed by atoms with Gasteiger partial charge in [-0.15, -0.1) is 0 Å². The van der Waals surface area contributed by atoms with E-state index in [1.807, 2.05) is 0 Å². The van der Waals surface area contributed by atoms with Gasteiger partial charge in [-0.25, -0.2) is 0 Å². The Bertz CT molecular complexity index is 650. The quantitative estimate of drug-likeness (QED) is 0.821. The summed E-state index contributed by atoms with van der Waals surface area (Å²) < 4.78 is 0. The molecule has 1 saturated heterocycles. The largest absolute Gasteiger partial charge is 0.348 e. The van der Waals surface area contributed by atoms with Crippen LogP contribution in [0.2, 0.25) is 0 Å². The summed E-state index contributed by atoms with van der Waals surface area (Å²) in [6.07, 6.45) is 3.30. The fourth-order valence-corrected chi connectivity index (χ4v) is 2.62. The van der Waals surface area contributed by atoms with Gasteiger partial charge in [-0.1, -0.05) is 18.7 Å². The van der Waals surface area contributed by atoms with Crippen LogP contribution < -0.4 is 5.32 Å². The van der Waals surface area contributed by atoms with E-state index in [1.165, 1.54) is 6.08 Å². The van der Waals surface area contributed by atoms with Crippen molar-refractivity contribution in [2.75, 3.05) is 13.2 Å². The molecular formula is C17H19N3O3. The highest BCUT2D eigenvalue weighted by Crippen LogP contribution is 2.29. The molecule has 0 atom stereocenters. The standard InChI is InChI=1S/C17H19N3O3/c1-2-15(21)18-9-12-3-5-13(6-4-12)17(23)19-10-16(22)20(11-19)14-7-8-14/h2-6,14H,1,7-11H2,(H,18,21). The Morgan fingerprint density at radius 3 is 2.57 bits per heavy atom. The lowest BCUT2D eigenvalue weighted by molar-refractivity contribution is -0.127. The number of carbonyl (C=O) groups is 3. The normalized spacial score (nSPS) is 17.3. The number of amides is 3. The lowest BCUT2D eigenvalue weighted by Crippen LogP contribution is -2.32. The van der Waals surface area contributed by atoms with Crippen LogP contribution in [0.25, 0.3) is 0 Å². The van der Waals surface area contributed by atoms with Crippen molar-refractivity contribution < 1.29 is 14.4 Å². The van der Waals surface area contributed by atoms with Crippen molar-refractivity contribution >= 4 is 17.7 Å². The molecule has 3 rings (SSSR count). The molecule has 0 radical (unpaired) electrons. The Kier molecular flexibility index (Phi) is 4.14. The number of nitrogens with one attached hydrogen (secondary N) is 1. The van der Waals surface area contributed by atoms with Crippen LogP contribution in [0.4, 0.5) is 0 Å². The van der Waals surface area contributed by atoms with E-state index in [9.17, 15) is 14.4 Å². The summed E-state index contributed by atoms with van der Waals surface area (Å²) in [6.45, 7) is 4.32. The Morgan fingerprint density at radius 1 is 1.26 bits per heavy atom. The van der Waals surface area contributed by atoms with Crippen LogP contribution in [-0.4, -0.2) is 46.8 Å². The smallest absolute Gasteiger partial charge is 0.255 e. The van der Waals surface area contributed by atoms with Gasteiger partial charge in [0.2, 0.25) is 11.8 Å². The number of carbonyl (C=O) groups excluding carboxylic acids is 3. The van der Waals surface area contributed by atoms with Gasteiger partial charge in [-0.3, -0.25) is 14.4 Å². The molecule has 1 aliphatic carbocycles. The van der Waals surface area contributed by atoms with Crippen LogP contribution in [0.15, 0.2) is 36.9 Å². The minimum atomic E-state index is -0.235. The average molecular weight is 313 g/mol. The molecule has 0 unspecified atom stereocenters. The summed E-state index contributed by atoms with van der Waals surface area (Å²) in [5, 5.41) is 2.68. The van der Waals surface area contributed by atoms with Crippen molar-refractivity contribution in [2.24, 2.45) is 0 Å². The first-order valence-corrected chi connectivity index (χ1v) is 7.66. The first-order chi connectivity index (χ1) is 11.1. The van der Waals surface area contributed by atoms with E-state index in [2.05, 4.69) is 11.9 Å². The van der Waals surface area contributed by atoms with E-state index in [1.54, 1.807) is 34.1 Å². The Hall–Kier alpha value is -2.63. The molecule has 6 nitrogen and oxygen atoms in total. The van der Waals surface area contributed by atoms with E-state index in [4.69, 9.17) is 0 Å². The predicted molar refractivity (Wildman–Crippen MR) is 84.3 cm³/mol. The number of hydrogen-bond acceptors (Lipinski definition) is 3. The van der Waals surface area contributed by atoms with Gasteiger partial charge in [0, 0.05) is 18.2 Å². The van der Waals surface area contributed by atoms with Crippen molar-refractivity contribution in [3.05, 3.63) is 48.0 Å². The number of benzene rings is 1. The Labute approximate surface area is 134 Å². The topological polar surface area (TPSA) is 69.7 Å². The summed E-state index contributed by atoms with van der Waals surface area (Å²) in [4.78, 5) is 38.9. The maximum Gasteiger partial charge on any atom is 0.255 e. The minimum absolute atomic E-state index is 0.0320. The lowest BCUT2D eigenvalue weighted by atomic mass is 10.1. The second-order valence-corrected chi connectivity index (χ2v) is 5.86. The van der Waals surface area contributed by atoms with E-state index in [0.717, 1.165) is 18.4 Å². The fraction of sp³-hybridized carbons (Fsp3) is 0.353. The third-order valence-electron chi connectivity index (χ3n) is 4.10. The second-order valence-electron chi connectivity index (χ2n) is 5.86. The van der Waals surface area contributed by atoms with Gasteiger partial charge >= 0.3 is 0 Å². The molecule has 1 saturated carbocycles.